The van der Waals surface area contributed by atoms with Gasteiger partial charge >= 0.3 is 0 Å². The number of rotatable bonds is 6. The lowest BCUT2D eigenvalue weighted by atomic mass is 10.1. The highest BCUT2D eigenvalue weighted by molar-refractivity contribution is 7.91. The lowest BCUT2D eigenvalue weighted by Crippen LogP contribution is -2.39. The van der Waals surface area contributed by atoms with Crippen molar-refractivity contribution in [2.45, 2.75) is 30.3 Å². The van der Waals surface area contributed by atoms with Gasteiger partial charge in [0.25, 0.3) is 0 Å². The summed E-state index contributed by atoms with van der Waals surface area (Å²) in [6, 6.07) is 5.89. The molecule has 3 rings (SSSR count). The van der Waals surface area contributed by atoms with E-state index in [1.54, 1.807) is 12.1 Å². The molecule has 2 aliphatic heterocycles. The SMILES string of the molecule is CN(C)S(=O)(=O)c1ccc(CNC(=O)C2CC(=O)N(C3CCS(=O)(=O)C3)C2)cc1. The Morgan fingerprint density at radius 3 is 2.45 bits per heavy atom. The van der Waals surface area contributed by atoms with Crippen LogP contribution >= 0.6 is 0 Å². The Morgan fingerprint density at radius 1 is 1.24 bits per heavy atom. The van der Waals surface area contributed by atoms with Crippen molar-refractivity contribution in [2.24, 2.45) is 5.92 Å². The van der Waals surface area contributed by atoms with Crippen molar-refractivity contribution in [3.63, 3.8) is 0 Å². The summed E-state index contributed by atoms with van der Waals surface area (Å²) >= 11 is 0. The highest BCUT2D eigenvalue weighted by atomic mass is 32.2. The second-order valence-corrected chi connectivity index (χ2v) is 12.0. The van der Waals surface area contributed by atoms with E-state index < -0.39 is 25.8 Å². The number of hydrogen-bond donors (Lipinski definition) is 1. The largest absolute Gasteiger partial charge is 0.352 e. The van der Waals surface area contributed by atoms with Crippen LogP contribution in [0.4, 0.5) is 0 Å². The van der Waals surface area contributed by atoms with Crippen LogP contribution < -0.4 is 5.32 Å². The van der Waals surface area contributed by atoms with Crippen molar-refractivity contribution >= 4 is 31.7 Å². The van der Waals surface area contributed by atoms with Crippen molar-refractivity contribution < 1.29 is 26.4 Å². The summed E-state index contributed by atoms with van der Waals surface area (Å²) in [5.41, 5.74) is 0.735. The second-order valence-electron chi connectivity index (χ2n) is 7.65. The molecule has 0 aromatic heterocycles. The average Bonchev–Trinajstić information content (AvgIpc) is 3.21. The number of carbonyl (C=O) groups excluding carboxylic acids is 2. The first-order chi connectivity index (χ1) is 13.5. The average molecular weight is 444 g/mol. The van der Waals surface area contributed by atoms with Crippen LogP contribution in [0, 0.1) is 5.92 Å². The molecular formula is C18H25N3O6S2. The third-order valence-electron chi connectivity index (χ3n) is 5.35. The molecule has 0 aliphatic carbocycles. The van der Waals surface area contributed by atoms with E-state index in [9.17, 15) is 26.4 Å². The summed E-state index contributed by atoms with van der Waals surface area (Å²) in [6.45, 7) is 0.439. The number of amides is 2. The molecule has 2 atom stereocenters. The van der Waals surface area contributed by atoms with Crippen molar-refractivity contribution in [2.75, 3.05) is 32.1 Å². The zero-order chi connectivity index (χ0) is 21.4. The number of nitrogens with one attached hydrogen (secondary N) is 1. The number of likely N-dealkylation sites (tertiary alicyclic amines) is 1. The molecule has 1 N–H and O–H groups in total. The molecule has 9 nitrogen and oxygen atoms in total. The van der Waals surface area contributed by atoms with E-state index in [0.717, 1.165) is 9.87 Å². The van der Waals surface area contributed by atoms with Crippen LogP contribution in [0.25, 0.3) is 0 Å². The van der Waals surface area contributed by atoms with Gasteiger partial charge in [0.05, 0.1) is 22.3 Å². The number of nitrogens with zero attached hydrogens (tertiary/aromatic N) is 2. The fourth-order valence-electron chi connectivity index (χ4n) is 3.60. The number of carbonyl (C=O) groups is 2. The molecule has 160 valence electrons. The molecule has 0 bridgehead atoms. The standard InChI is InChI=1S/C18H25N3O6S2/c1-20(2)29(26,27)16-5-3-13(4-6-16)10-19-18(23)14-9-17(22)21(11-14)15-7-8-28(24,25)12-15/h3-6,14-15H,7-12H2,1-2H3,(H,19,23). The van der Waals surface area contributed by atoms with Gasteiger partial charge in [-0.25, -0.2) is 21.1 Å². The van der Waals surface area contributed by atoms with Gasteiger partial charge in [0.1, 0.15) is 0 Å². The van der Waals surface area contributed by atoms with E-state index >= 15 is 0 Å². The molecule has 29 heavy (non-hydrogen) atoms. The van der Waals surface area contributed by atoms with Gasteiger partial charge in [-0.15, -0.1) is 0 Å². The van der Waals surface area contributed by atoms with Gasteiger partial charge in [-0.1, -0.05) is 12.1 Å². The van der Waals surface area contributed by atoms with Gasteiger partial charge in [0.15, 0.2) is 9.84 Å². The Bertz CT molecular complexity index is 1000. The van der Waals surface area contributed by atoms with Crippen LogP contribution in [-0.4, -0.2) is 76.0 Å². The van der Waals surface area contributed by atoms with Gasteiger partial charge in [-0.05, 0) is 24.1 Å². The van der Waals surface area contributed by atoms with Crippen LogP contribution in [0.3, 0.4) is 0 Å². The smallest absolute Gasteiger partial charge is 0.242 e. The molecule has 1 aromatic carbocycles. The molecule has 0 saturated carbocycles. The minimum atomic E-state index is -3.51. The zero-order valence-corrected chi connectivity index (χ0v) is 18.0. The number of benzene rings is 1. The first-order valence-corrected chi connectivity index (χ1v) is 12.5. The molecule has 2 amide bonds. The Labute approximate surface area is 171 Å². The second kappa shape index (κ2) is 8.04. The molecule has 11 heteroatoms. The number of sulfonamides is 1. The van der Waals surface area contributed by atoms with Crippen molar-refractivity contribution in [3.05, 3.63) is 29.8 Å². The Kier molecular flexibility index (Phi) is 6.02. The molecular weight excluding hydrogens is 418 g/mol. The number of hydrogen-bond acceptors (Lipinski definition) is 6. The van der Waals surface area contributed by atoms with Crippen LogP contribution in [-0.2, 0) is 36.0 Å². The molecule has 2 fully saturated rings. The minimum absolute atomic E-state index is 0.0325. The van der Waals surface area contributed by atoms with Crippen molar-refractivity contribution in [3.8, 4) is 0 Å². The lowest BCUT2D eigenvalue weighted by Gasteiger charge is -2.22. The first-order valence-electron chi connectivity index (χ1n) is 9.29. The van der Waals surface area contributed by atoms with Gasteiger partial charge in [-0.2, -0.15) is 0 Å². The van der Waals surface area contributed by atoms with Gasteiger partial charge in [-0.3, -0.25) is 9.59 Å². The van der Waals surface area contributed by atoms with Crippen LogP contribution in [0.1, 0.15) is 18.4 Å². The number of sulfone groups is 1. The molecule has 0 radical (unpaired) electrons. The summed E-state index contributed by atoms with van der Waals surface area (Å²) < 4.78 is 48.6. The molecule has 2 heterocycles. The van der Waals surface area contributed by atoms with Gasteiger partial charge in [0.2, 0.25) is 21.8 Å². The molecule has 1 aromatic rings. The summed E-state index contributed by atoms with van der Waals surface area (Å²) in [5, 5.41) is 2.77. The molecule has 0 spiro atoms. The third-order valence-corrected chi connectivity index (χ3v) is 8.93. The molecule has 2 aliphatic rings. The third kappa shape index (κ3) is 4.78. The van der Waals surface area contributed by atoms with Crippen molar-refractivity contribution in [1.82, 2.24) is 14.5 Å². The van der Waals surface area contributed by atoms with Crippen molar-refractivity contribution in [1.29, 1.82) is 0 Å². The van der Waals surface area contributed by atoms with E-state index in [2.05, 4.69) is 5.32 Å². The van der Waals surface area contributed by atoms with Gasteiger partial charge < -0.3 is 10.2 Å². The van der Waals surface area contributed by atoms with E-state index in [-0.39, 0.29) is 53.8 Å². The maximum atomic E-state index is 12.5. The monoisotopic (exact) mass is 443 g/mol. The predicted octanol–water partition coefficient (Wildman–Crippen LogP) is -0.411. The molecule has 2 unspecified atom stereocenters. The topological polar surface area (TPSA) is 121 Å². The van der Waals surface area contributed by atoms with Crippen LogP contribution in [0.2, 0.25) is 0 Å². The normalized spacial score (nSPS) is 24.2. The zero-order valence-electron chi connectivity index (χ0n) is 16.4. The summed E-state index contributed by atoms with van der Waals surface area (Å²) in [5.74, 6) is -0.927. The Hall–Kier alpha value is -1.98. The lowest BCUT2D eigenvalue weighted by molar-refractivity contribution is -0.130. The quantitative estimate of drug-likeness (QED) is 0.638. The molecule has 2 saturated heterocycles. The van der Waals surface area contributed by atoms with Crippen LogP contribution in [0.15, 0.2) is 29.2 Å². The van der Waals surface area contributed by atoms with E-state index in [4.69, 9.17) is 0 Å². The summed E-state index contributed by atoms with van der Waals surface area (Å²) in [4.78, 5) is 26.4. The maximum absolute atomic E-state index is 12.5. The highest BCUT2D eigenvalue weighted by Crippen LogP contribution is 2.26. The van der Waals surface area contributed by atoms with E-state index in [1.165, 1.54) is 31.1 Å². The summed E-state index contributed by atoms with van der Waals surface area (Å²) in [7, 11) is -3.70. The maximum Gasteiger partial charge on any atom is 0.242 e. The predicted molar refractivity (Wildman–Crippen MR) is 106 cm³/mol. The van der Waals surface area contributed by atoms with Gasteiger partial charge in [0, 0.05) is 39.6 Å². The Morgan fingerprint density at radius 2 is 1.90 bits per heavy atom. The Balaban J connectivity index is 1.55. The fourth-order valence-corrected chi connectivity index (χ4v) is 6.24. The highest BCUT2D eigenvalue weighted by Gasteiger charge is 2.41. The first kappa shape index (κ1) is 21.7. The van der Waals surface area contributed by atoms with E-state index in [1.807, 2.05) is 0 Å². The van der Waals surface area contributed by atoms with E-state index in [0.29, 0.717) is 6.42 Å². The van der Waals surface area contributed by atoms with Crippen LogP contribution in [0.5, 0.6) is 0 Å². The fraction of sp³-hybridized carbons (Fsp3) is 0.556. The minimum Gasteiger partial charge on any atom is -0.352 e. The summed E-state index contributed by atoms with van der Waals surface area (Å²) in [6.07, 6.45) is 0.493.